The van der Waals surface area contributed by atoms with Crippen molar-refractivity contribution in [2.45, 2.75) is 30.9 Å². The van der Waals surface area contributed by atoms with Gasteiger partial charge in [0.2, 0.25) is 0 Å². The second kappa shape index (κ2) is 3.79. The Morgan fingerprint density at radius 3 is 2.53 bits per heavy atom. The van der Waals surface area contributed by atoms with Crippen molar-refractivity contribution >= 4 is 10.0 Å². The summed E-state index contributed by atoms with van der Waals surface area (Å²) in [5, 5.41) is 9.88. The number of hydrogen-bond donors (Lipinski definition) is 1. The normalized spacial score (nSPS) is 20.2. The van der Waals surface area contributed by atoms with Gasteiger partial charge in [-0.3, -0.25) is 0 Å². The average molecular weight is 259 g/mol. The molecule has 0 atom stereocenters. The van der Waals surface area contributed by atoms with E-state index in [2.05, 4.69) is 4.98 Å². The zero-order valence-electron chi connectivity index (χ0n) is 10.2. The molecule has 0 aromatic carbocycles. The second-order valence-corrected chi connectivity index (χ2v) is 6.47. The molecule has 96 valence electrons. The maximum absolute atomic E-state index is 12.1. The molecule has 1 N–H and O–H groups in total. The third kappa shape index (κ3) is 1.98. The van der Waals surface area contributed by atoms with Crippen LogP contribution in [0.3, 0.4) is 0 Å². The molecule has 1 saturated heterocycles. The number of imidazole rings is 1. The first-order valence-electron chi connectivity index (χ1n) is 5.51. The van der Waals surface area contributed by atoms with E-state index in [9.17, 15) is 13.5 Å². The first kappa shape index (κ1) is 12.5. The van der Waals surface area contributed by atoms with Gasteiger partial charge in [0.05, 0.1) is 5.60 Å². The minimum Gasteiger partial charge on any atom is -0.387 e. The minimum absolute atomic E-state index is 0.0515. The minimum atomic E-state index is -3.54. The number of aromatic nitrogens is 2. The first-order valence-corrected chi connectivity index (χ1v) is 6.95. The average Bonchev–Trinajstić information content (AvgIpc) is 2.55. The van der Waals surface area contributed by atoms with Crippen molar-refractivity contribution in [2.75, 3.05) is 13.1 Å². The number of sulfonamides is 1. The Balaban J connectivity index is 2.22. The molecule has 1 aromatic heterocycles. The van der Waals surface area contributed by atoms with Crippen LogP contribution in [0.4, 0.5) is 0 Å². The Labute approximate surface area is 101 Å². The number of aliphatic hydroxyl groups is 1. The van der Waals surface area contributed by atoms with E-state index >= 15 is 0 Å². The third-order valence-electron chi connectivity index (χ3n) is 3.29. The van der Waals surface area contributed by atoms with Gasteiger partial charge in [-0.2, -0.15) is 4.31 Å². The molecule has 1 aliphatic heterocycles. The lowest BCUT2D eigenvalue weighted by Crippen LogP contribution is -2.62. The Morgan fingerprint density at radius 2 is 2.12 bits per heavy atom. The van der Waals surface area contributed by atoms with Crippen LogP contribution >= 0.6 is 0 Å². The van der Waals surface area contributed by atoms with E-state index < -0.39 is 15.6 Å². The molecule has 0 spiro atoms. The molecule has 0 saturated carbocycles. The highest BCUT2D eigenvalue weighted by atomic mass is 32.2. The predicted octanol–water partition coefficient (Wildman–Crippen LogP) is -0.126. The highest BCUT2D eigenvalue weighted by Crippen LogP contribution is 2.29. The predicted molar refractivity (Wildman–Crippen MR) is 61.9 cm³/mol. The molecule has 6 nitrogen and oxygen atoms in total. The largest absolute Gasteiger partial charge is 0.387 e. The van der Waals surface area contributed by atoms with E-state index in [1.54, 1.807) is 18.5 Å². The first-order chi connectivity index (χ1) is 7.78. The fourth-order valence-corrected chi connectivity index (χ4v) is 3.41. The Bertz CT molecular complexity index is 509. The second-order valence-electron chi connectivity index (χ2n) is 4.59. The summed E-state index contributed by atoms with van der Waals surface area (Å²) in [6.45, 7) is 3.90. The molecular weight excluding hydrogens is 242 g/mol. The number of aryl methyl sites for hydroxylation is 2. The van der Waals surface area contributed by atoms with Crippen molar-refractivity contribution < 1.29 is 13.5 Å². The van der Waals surface area contributed by atoms with Crippen LogP contribution in [-0.2, 0) is 17.1 Å². The molecule has 0 radical (unpaired) electrons. The van der Waals surface area contributed by atoms with Crippen molar-refractivity contribution in [1.82, 2.24) is 13.9 Å². The molecule has 0 amide bonds. The van der Waals surface area contributed by atoms with Gasteiger partial charge in [-0.05, 0) is 13.3 Å². The highest BCUT2D eigenvalue weighted by molar-refractivity contribution is 7.89. The molecule has 1 aliphatic rings. The smallest absolute Gasteiger partial charge is 0.262 e. The van der Waals surface area contributed by atoms with Gasteiger partial charge in [0.25, 0.3) is 10.0 Å². The van der Waals surface area contributed by atoms with Crippen molar-refractivity contribution in [1.29, 1.82) is 0 Å². The van der Waals surface area contributed by atoms with Gasteiger partial charge in [0.15, 0.2) is 5.03 Å². The Hall–Kier alpha value is -0.920. The summed E-state index contributed by atoms with van der Waals surface area (Å²) in [6.07, 6.45) is 2.05. The molecule has 0 unspecified atom stereocenters. The van der Waals surface area contributed by atoms with Gasteiger partial charge >= 0.3 is 0 Å². The van der Waals surface area contributed by atoms with Gasteiger partial charge < -0.3 is 9.67 Å². The van der Waals surface area contributed by atoms with Crippen LogP contribution in [0.25, 0.3) is 0 Å². The summed E-state index contributed by atoms with van der Waals surface area (Å²) < 4.78 is 27.2. The zero-order chi connectivity index (χ0) is 12.8. The van der Waals surface area contributed by atoms with E-state index in [-0.39, 0.29) is 18.1 Å². The Morgan fingerprint density at radius 1 is 1.53 bits per heavy atom. The van der Waals surface area contributed by atoms with Crippen LogP contribution in [0.1, 0.15) is 19.2 Å². The van der Waals surface area contributed by atoms with Crippen molar-refractivity contribution in [2.24, 2.45) is 7.05 Å². The fourth-order valence-electron chi connectivity index (χ4n) is 1.79. The lowest BCUT2D eigenvalue weighted by Gasteiger charge is -2.44. The lowest BCUT2D eigenvalue weighted by atomic mass is 9.94. The maximum Gasteiger partial charge on any atom is 0.262 e. The van der Waals surface area contributed by atoms with E-state index in [0.717, 1.165) is 0 Å². The van der Waals surface area contributed by atoms with Crippen molar-refractivity contribution in [3.8, 4) is 0 Å². The van der Waals surface area contributed by atoms with Crippen molar-refractivity contribution in [3.63, 3.8) is 0 Å². The zero-order valence-corrected chi connectivity index (χ0v) is 11.0. The number of nitrogens with zero attached hydrogens (tertiary/aromatic N) is 3. The fraction of sp³-hybridized carbons (Fsp3) is 0.700. The van der Waals surface area contributed by atoms with Crippen LogP contribution < -0.4 is 0 Å². The molecule has 0 bridgehead atoms. The lowest BCUT2D eigenvalue weighted by molar-refractivity contribution is -0.0614. The van der Waals surface area contributed by atoms with Crippen LogP contribution in [0, 0.1) is 6.92 Å². The van der Waals surface area contributed by atoms with Gasteiger partial charge in [0, 0.05) is 26.3 Å². The van der Waals surface area contributed by atoms with Crippen molar-refractivity contribution in [3.05, 3.63) is 12.0 Å². The maximum atomic E-state index is 12.1. The molecule has 2 rings (SSSR count). The molecule has 1 aromatic rings. The number of rotatable bonds is 3. The van der Waals surface area contributed by atoms with Crippen LogP contribution in [0.15, 0.2) is 11.2 Å². The van der Waals surface area contributed by atoms with E-state index in [1.807, 2.05) is 6.92 Å². The summed E-state index contributed by atoms with van der Waals surface area (Å²) in [4.78, 5) is 4.01. The SMILES string of the molecule is CCC1(O)CN(S(=O)(=O)c2cn(C)c(C)n2)C1. The standard InChI is InChI=1S/C10H17N3O3S/c1-4-10(14)6-13(7-10)17(15,16)9-5-12(3)8(2)11-9/h5,14H,4,6-7H2,1-3H3. The number of β-amino-alcohol motifs (C(OH)–C–C–N with tert-alkyl or cyclic N) is 1. The van der Waals surface area contributed by atoms with Gasteiger partial charge in [-0.1, -0.05) is 6.92 Å². The molecule has 2 heterocycles. The summed E-state index contributed by atoms with van der Waals surface area (Å²) >= 11 is 0. The summed E-state index contributed by atoms with van der Waals surface area (Å²) in [5.41, 5.74) is -0.864. The quantitative estimate of drug-likeness (QED) is 0.820. The van der Waals surface area contributed by atoms with E-state index in [1.165, 1.54) is 10.5 Å². The number of hydrogen-bond acceptors (Lipinski definition) is 4. The van der Waals surface area contributed by atoms with Gasteiger partial charge in [-0.15, -0.1) is 0 Å². The molecule has 0 aliphatic carbocycles. The molecule has 17 heavy (non-hydrogen) atoms. The molecular formula is C10H17N3O3S. The van der Waals surface area contributed by atoms with Crippen LogP contribution in [0.2, 0.25) is 0 Å². The summed E-state index contributed by atoms with van der Waals surface area (Å²) in [5.74, 6) is 0.648. The Kier molecular flexibility index (Phi) is 2.80. The molecule has 7 heteroatoms. The van der Waals surface area contributed by atoms with Crippen LogP contribution in [0.5, 0.6) is 0 Å². The highest BCUT2D eigenvalue weighted by Gasteiger charge is 2.46. The third-order valence-corrected chi connectivity index (χ3v) is 4.95. The summed E-state index contributed by atoms with van der Waals surface area (Å²) in [7, 11) is -1.79. The summed E-state index contributed by atoms with van der Waals surface area (Å²) in [6, 6.07) is 0. The van der Waals surface area contributed by atoms with E-state index in [4.69, 9.17) is 0 Å². The van der Waals surface area contributed by atoms with Gasteiger partial charge in [0.1, 0.15) is 5.82 Å². The monoisotopic (exact) mass is 259 g/mol. The van der Waals surface area contributed by atoms with Gasteiger partial charge in [-0.25, -0.2) is 13.4 Å². The molecule has 1 fully saturated rings. The van der Waals surface area contributed by atoms with E-state index in [0.29, 0.717) is 12.2 Å². The topological polar surface area (TPSA) is 75.4 Å². The van der Waals surface area contributed by atoms with Crippen LogP contribution in [-0.4, -0.2) is 46.1 Å².